The molecule has 1 heterocycles. The molecule has 0 aliphatic heterocycles. The molecular weight excluding hydrogens is 231 g/mol. The second kappa shape index (κ2) is 4.37. The summed E-state index contributed by atoms with van der Waals surface area (Å²) in [6.45, 7) is 0. The van der Waals surface area contributed by atoms with Crippen molar-refractivity contribution < 1.29 is 9.13 Å². The smallest absolute Gasteiger partial charge is 0.221 e. The van der Waals surface area contributed by atoms with Gasteiger partial charge >= 0.3 is 0 Å². The van der Waals surface area contributed by atoms with Gasteiger partial charge in [0.15, 0.2) is 11.6 Å². The number of anilines is 1. The van der Waals surface area contributed by atoms with Crippen LogP contribution >= 0.6 is 11.6 Å². The predicted octanol–water partition coefficient (Wildman–Crippen LogP) is 3.25. The van der Waals surface area contributed by atoms with Crippen LogP contribution in [0.1, 0.15) is 0 Å². The van der Waals surface area contributed by atoms with Crippen LogP contribution in [0, 0.1) is 5.82 Å². The van der Waals surface area contributed by atoms with E-state index in [2.05, 4.69) is 4.98 Å². The summed E-state index contributed by atoms with van der Waals surface area (Å²) in [5.41, 5.74) is 5.47. The van der Waals surface area contributed by atoms with Gasteiger partial charge in [-0.25, -0.2) is 4.39 Å². The van der Waals surface area contributed by atoms with E-state index in [1.807, 2.05) is 0 Å². The fourth-order valence-corrected chi connectivity index (χ4v) is 1.33. The zero-order valence-corrected chi connectivity index (χ0v) is 8.91. The molecule has 0 spiro atoms. The quantitative estimate of drug-likeness (QED) is 0.874. The molecule has 3 nitrogen and oxygen atoms in total. The molecule has 0 aliphatic carbocycles. The first-order valence-corrected chi connectivity index (χ1v) is 4.89. The summed E-state index contributed by atoms with van der Waals surface area (Å²) in [7, 11) is 0. The Morgan fingerprint density at radius 3 is 2.69 bits per heavy atom. The van der Waals surface area contributed by atoms with Crippen molar-refractivity contribution in [2.45, 2.75) is 0 Å². The summed E-state index contributed by atoms with van der Waals surface area (Å²) >= 11 is 5.61. The van der Waals surface area contributed by atoms with E-state index in [0.717, 1.165) is 0 Å². The van der Waals surface area contributed by atoms with Gasteiger partial charge in [-0.1, -0.05) is 23.7 Å². The van der Waals surface area contributed by atoms with Crippen LogP contribution in [0.15, 0.2) is 36.4 Å². The lowest BCUT2D eigenvalue weighted by Crippen LogP contribution is -1.94. The molecule has 82 valence electrons. The first-order valence-electron chi connectivity index (χ1n) is 4.51. The number of pyridine rings is 1. The van der Waals surface area contributed by atoms with Gasteiger partial charge in [-0.05, 0) is 18.2 Å². The Morgan fingerprint density at radius 1 is 1.19 bits per heavy atom. The lowest BCUT2D eigenvalue weighted by Gasteiger charge is -2.06. The van der Waals surface area contributed by atoms with E-state index in [9.17, 15) is 4.39 Å². The van der Waals surface area contributed by atoms with E-state index in [1.165, 1.54) is 12.1 Å². The maximum absolute atomic E-state index is 13.5. The molecule has 0 aliphatic rings. The summed E-state index contributed by atoms with van der Waals surface area (Å²) in [6.07, 6.45) is 0. The van der Waals surface area contributed by atoms with Crippen molar-refractivity contribution in [3.8, 4) is 11.6 Å². The molecule has 2 N–H and O–H groups in total. The molecule has 0 atom stereocenters. The molecule has 0 amide bonds. The highest BCUT2D eigenvalue weighted by atomic mass is 35.5. The van der Waals surface area contributed by atoms with E-state index in [0.29, 0.717) is 5.82 Å². The summed E-state index contributed by atoms with van der Waals surface area (Å²) in [5, 5.41) is 0.00130. The predicted molar refractivity (Wildman–Crippen MR) is 60.1 cm³/mol. The van der Waals surface area contributed by atoms with E-state index in [4.69, 9.17) is 22.1 Å². The Kier molecular flexibility index (Phi) is 2.92. The molecule has 0 saturated heterocycles. The summed E-state index contributed by atoms with van der Waals surface area (Å²) in [5.74, 6) is -0.0694. The van der Waals surface area contributed by atoms with Gasteiger partial charge in [-0.3, -0.25) is 0 Å². The summed E-state index contributed by atoms with van der Waals surface area (Å²) < 4.78 is 18.7. The van der Waals surface area contributed by atoms with Crippen molar-refractivity contribution >= 4 is 17.4 Å². The van der Waals surface area contributed by atoms with Crippen molar-refractivity contribution in [2.24, 2.45) is 0 Å². The molecule has 2 aromatic rings. The Balaban J connectivity index is 2.31. The summed E-state index contributed by atoms with van der Waals surface area (Å²) in [6, 6.07) is 9.35. The van der Waals surface area contributed by atoms with Crippen LogP contribution in [0.25, 0.3) is 0 Å². The number of nitrogens with zero attached hydrogens (tertiary/aromatic N) is 1. The Labute approximate surface area is 96.6 Å². The van der Waals surface area contributed by atoms with Gasteiger partial charge in [0.2, 0.25) is 5.88 Å². The number of nitrogens with two attached hydrogens (primary N) is 1. The normalized spacial score (nSPS) is 10.1. The van der Waals surface area contributed by atoms with Crippen LogP contribution in [0.4, 0.5) is 10.2 Å². The molecule has 5 heteroatoms. The number of hydrogen-bond donors (Lipinski definition) is 1. The largest absolute Gasteiger partial charge is 0.436 e. The molecule has 1 aromatic heterocycles. The van der Waals surface area contributed by atoms with Crippen LogP contribution in [-0.4, -0.2) is 4.98 Å². The number of rotatable bonds is 2. The number of nitrogen functional groups attached to an aromatic ring is 1. The maximum Gasteiger partial charge on any atom is 0.221 e. The first kappa shape index (κ1) is 10.7. The monoisotopic (exact) mass is 238 g/mol. The molecule has 0 unspecified atom stereocenters. The molecule has 16 heavy (non-hydrogen) atoms. The van der Waals surface area contributed by atoms with Crippen LogP contribution in [0.3, 0.4) is 0 Å². The average Bonchev–Trinajstić information content (AvgIpc) is 2.25. The second-order valence-corrected chi connectivity index (χ2v) is 3.46. The van der Waals surface area contributed by atoms with Gasteiger partial charge in [0.25, 0.3) is 0 Å². The topological polar surface area (TPSA) is 48.1 Å². The highest BCUT2D eigenvalue weighted by Gasteiger charge is 2.08. The Hall–Kier alpha value is -1.81. The average molecular weight is 239 g/mol. The van der Waals surface area contributed by atoms with Gasteiger partial charge in [0.05, 0.1) is 5.02 Å². The highest BCUT2D eigenvalue weighted by molar-refractivity contribution is 6.30. The van der Waals surface area contributed by atoms with Crippen molar-refractivity contribution in [2.75, 3.05) is 5.73 Å². The zero-order chi connectivity index (χ0) is 11.5. The van der Waals surface area contributed by atoms with Crippen LogP contribution in [-0.2, 0) is 0 Å². The van der Waals surface area contributed by atoms with Crippen molar-refractivity contribution in [3.63, 3.8) is 0 Å². The molecule has 0 bridgehead atoms. The van der Waals surface area contributed by atoms with Gasteiger partial charge in [-0.15, -0.1) is 0 Å². The lowest BCUT2D eigenvalue weighted by molar-refractivity contribution is 0.428. The maximum atomic E-state index is 13.5. The van der Waals surface area contributed by atoms with Gasteiger partial charge in [-0.2, -0.15) is 4.98 Å². The number of halogens is 2. The fourth-order valence-electron chi connectivity index (χ4n) is 1.16. The molecule has 0 radical (unpaired) electrons. The lowest BCUT2D eigenvalue weighted by atomic mass is 10.3. The molecule has 2 rings (SSSR count). The Bertz CT molecular complexity index is 519. The van der Waals surface area contributed by atoms with E-state index in [-0.39, 0.29) is 16.7 Å². The van der Waals surface area contributed by atoms with Crippen molar-refractivity contribution in [3.05, 3.63) is 47.2 Å². The molecule has 0 saturated carbocycles. The third kappa shape index (κ3) is 2.23. The minimum Gasteiger partial charge on any atom is -0.436 e. The van der Waals surface area contributed by atoms with Gasteiger partial charge < -0.3 is 10.5 Å². The second-order valence-electron chi connectivity index (χ2n) is 3.05. The molecule has 1 aromatic carbocycles. The standard InChI is InChI=1S/C11H8ClFN2O/c12-7-3-1-4-8(11(7)13)16-10-6-2-5-9(14)15-10/h1-6H,(H2,14,15). The number of benzene rings is 1. The minimum absolute atomic E-state index is 0.00130. The third-order valence-electron chi connectivity index (χ3n) is 1.88. The van der Waals surface area contributed by atoms with Crippen LogP contribution in [0.2, 0.25) is 5.02 Å². The van der Waals surface area contributed by atoms with Crippen molar-refractivity contribution in [1.82, 2.24) is 4.98 Å². The Morgan fingerprint density at radius 2 is 1.94 bits per heavy atom. The van der Waals surface area contributed by atoms with E-state index < -0.39 is 5.82 Å². The number of ether oxygens (including phenoxy) is 1. The first-order chi connectivity index (χ1) is 7.66. The minimum atomic E-state index is -0.617. The third-order valence-corrected chi connectivity index (χ3v) is 2.17. The van der Waals surface area contributed by atoms with E-state index >= 15 is 0 Å². The number of aromatic nitrogens is 1. The molecular formula is C11H8ClFN2O. The SMILES string of the molecule is Nc1cccc(Oc2cccc(Cl)c2F)n1. The van der Waals surface area contributed by atoms with Crippen LogP contribution in [0.5, 0.6) is 11.6 Å². The highest BCUT2D eigenvalue weighted by Crippen LogP contribution is 2.27. The van der Waals surface area contributed by atoms with Gasteiger partial charge in [0, 0.05) is 6.07 Å². The fraction of sp³-hybridized carbons (Fsp3) is 0. The molecule has 0 fully saturated rings. The zero-order valence-electron chi connectivity index (χ0n) is 8.15. The van der Waals surface area contributed by atoms with Crippen molar-refractivity contribution in [1.29, 1.82) is 0 Å². The van der Waals surface area contributed by atoms with Gasteiger partial charge in [0.1, 0.15) is 5.82 Å². The summed E-state index contributed by atoms with van der Waals surface area (Å²) in [4.78, 5) is 3.89. The van der Waals surface area contributed by atoms with E-state index in [1.54, 1.807) is 24.3 Å². The number of hydrogen-bond acceptors (Lipinski definition) is 3. The van der Waals surface area contributed by atoms with Crippen LogP contribution < -0.4 is 10.5 Å².